The molecule has 0 aliphatic carbocycles. The van der Waals surface area contributed by atoms with E-state index in [1.807, 2.05) is 12.1 Å². The summed E-state index contributed by atoms with van der Waals surface area (Å²) in [6, 6.07) is 10.3. The second kappa shape index (κ2) is 6.43. The molecular weight excluding hydrogens is 292 g/mol. The topological polar surface area (TPSA) is 80.5 Å². The number of nitrogens with one attached hydrogen (secondary N) is 1. The van der Waals surface area contributed by atoms with Gasteiger partial charge in [-0.25, -0.2) is 10.8 Å². The molecule has 0 bridgehead atoms. The summed E-state index contributed by atoms with van der Waals surface area (Å²) >= 11 is 6.04. The highest BCUT2D eigenvalue weighted by molar-refractivity contribution is 6.34. The summed E-state index contributed by atoms with van der Waals surface area (Å²) in [7, 11) is 3.17. The monoisotopic (exact) mass is 306 g/mol. The number of aromatic nitrogens is 1. The van der Waals surface area contributed by atoms with Crippen LogP contribution in [0.25, 0.3) is 0 Å². The SMILES string of the molecule is COc1ccccc1N(C)C(=O)c1nc(NN)ccc1Cl. The number of hydrazine groups is 1. The highest BCUT2D eigenvalue weighted by atomic mass is 35.5. The fourth-order valence-electron chi connectivity index (χ4n) is 1.85. The molecular formula is C14H15ClN4O2. The zero-order valence-corrected chi connectivity index (χ0v) is 12.4. The molecule has 1 aromatic heterocycles. The molecule has 1 heterocycles. The van der Waals surface area contributed by atoms with E-state index in [0.717, 1.165) is 0 Å². The van der Waals surface area contributed by atoms with E-state index in [4.69, 9.17) is 22.2 Å². The number of nitrogen functional groups attached to an aromatic ring is 1. The first-order valence-corrected chi connectivity index (χ1v) is 6.50. The van der Waals surface area contributed by atoms with Crippen LogP contribution < -0.4 is 20.9 Å². The lowest BCUT2D eigenvalue weighted by Gasteiger charge is -2.20. The number of methoxy groups -OCH3 is 1. The Labute approximate surface area is 127 Å². The van der Waals surface area contributed by atoms with Crippen LogP contribution in [0.15, 0.2) is 36.4 Å². The van der Waals surface area contributed by atoms with Crippen LogP contribution >= 0.6 is 11.6 Å². The number of nitrogens with zero attached hydrogens (tertiary/aromatic N) is 2. The van der Waals surface area contributed by atoms with Gasteiger partial charge in [-0.2, -0.15) is 0 Å². The maximum atomic E-state index is 12.6. The fourth-order valence-corrected chi connectivity index (χ4v) is 2.03. The predicted molar refractivity (Wildman–Crippen MR) is 82.8 cm³/mol. The number of hydrogen-bond donors (Lipinski definition) is 2. The normalized spacial score (nSPS) is 10.1. The zero-order valence-electron chi connectivity index (χ0n) is 11.6. The first-order valence-electron chi connectivity index (χ1n) is 6.12. The van der Waals surface area contributed by atoms with Crippen LogP contribution in [0.1, 0.15) is 10.5 Å². The van der Waals surface area contributed by atoms with Gasteiger partial charge in [-0.15, -0.1) is 0 Å². The van der Waals surface area contributed by atoms with Crippen molar-refractivity contribution in [2.24, 2.45) is 5.84 Å². The molecule has 1 amide bonds. The lowest BCUT2D eigenvalue weighted by atomic mass is 10.2. The highest BCUT2D eigenvalue weighted by Gasteiger charge is 2.21. The van der Waals surface area contributed by atoms with Gasteiger partial charge in [-0.05, 0) is 24.3 Å². The van der Waals surface area contributed by atoms with Crippen LogP contribution in [0, 0.1) is 0 Å². The lowest BCUT2D eigenvalue weighted by molar-refractivity contribution is 0.0988. The zero-order chi connectivity index (χ0) is 15.4. The summed E-state index contributed by atoms with van der Waals surface area (Å²) in [5.74, 6) is 5.88. The van der Waals surface area contributed by atoms with E-state index >= 15 is 0 Å². The van der Waals surface area contributed by atoms with Gasteiger partial charge in [-0.1, -0.05) is 23.7 Å². The molecule has 0 spiro atoms. The van der Waals surface area contributed by atoms with Gasteiger partial charge in [0.05, 0.1) is 17.8 Å². The van der Waals surface area contributed by atoms with Gasteiger partial charge in [0.2, 0.25) is 0 Å². The molecule has 0 radical (unpaired) electrons. The number of para-hydroxylation sites is 2. The standard InChI is InChI=1S/C14H15ClN4O2/c1-19(10-5-3-4-6-11(10)21-2)14(20)13-9(15)7-8-12(17-13)18-16/h3-8H,16H2,1-2H3,(H,17,18). The fraction of sp³-hybridized carbons (Fsp3) is 0.143. The summed E-state index contributed by atoms with van der Waals surface area (Å²) < 4.78 is 5.25. The smallest absolute Gasteiger partial charge is 0.278 e. The Balaban J connectivity index is 2.39. The molecule has 1 aromatic carbocycles. The van der Waals surface area contributed by atoms with E-state index in [2.05, 4.69) is 10.4 Å². The number of rotatable bonds is 4. The molecule has 6 nitrogen and oxygen atoms in total. The number of hydrogen-bond acceptors (Lipinski definition) is 5. The number of amides is 1. The van der Waals surface area contributed by atoms with E-state index in [-0.39, 0.29) is 16.6 Å². The number of ether oxygens (including phenoxy) is 1. The lowest BCUT2D eigenvalue weighted by Crippen LogP contribution is -2.28. The highest BCUT2D eigenvalue weighted by Crippen LogP contribution is 2.28. The Morgan fingerprint density at radius 2 is 2.05 bits per heavy atom. The molecule has 21 heavy (non-hydrogen) atoms. The quantitative estimate of drug-likeness (QED) is 0.669. The Bertz CT molecular complexity index is 663. The van der Waals surface area contributed by atoms with Gasteiger partial charge >= 0.3 is 0 Å². The third-order valence-corrected chi connectivity index (χ3v) is 3.25. The van der Waals surface area contributed by atoms with Gasteiger partial charge in [-0.3, -0.25) is 4.79 Å². The van der Waals surface area contributed by atoms with Crippen molar-refractivity contribution >= 4 is 29.0 Å². The molecule has 2 rings (SSSR count). The van der Waals surface area contributed by atoms with Crippen molar-refractivity contribution in [2.75, 3.05) is 24.5 Å². The van der Waals surface area contributed by atoms with Crippen LogP contribution in [-0.2, 0) is 0 Å². The first-order chi connectivity index (χ1) is 10.1. The molecule has 0 aliphatic heterocycles. The number of nitrogens with two attached hydrogens (primary N) is 1. The molecule has 0 unspecified atom stereocenters. The van der Waals surface area contributed by atoms with Gasteiger partial charge in [0.15, 0.2) is 0 Å². The molecule has 110 valence electrons. The predicted octanol–water partition coefficient (Wildman–Crippen LogP) is 2.31. The Morgan fingerprint density at radius 1 is 1.33 bits per heavy atom. The third kappa shape index (κ3) is 3.07. The number of anilines is 2. The third-order valence-electron chi connectivity index (χ3n) is 2.95. The average Bonchev–Trinajstić information content (AvgIpc) is 2.54. The summed E-state index contributed by atoms with van der Waals surface area (Å²) in [4.78, 5) is 18.1. The maximum absolute atomic E-state index is 12.6. The van der Waals surface area contributed by atoms with Crippen molar-refractivity contribution in [3.05, 3.63) is 47.1 Å². The molecule has 2 aromatic rings. The molecule has 0 saturated carbocycles. The van der Waals surface area contributed by atoms with Crippen LogP contribution in [0.3, 0.4) is 0 Å². The molecule has 3 N–H and O–H groups in total. The molecule has 7 heteroatoms. The Kier molecular flexibility index (Phi) is 4.62. The van der Waals surface area contributed by atoms with E-state index in [1.165, 1.54) is 4.90 Å². The first kappa shape index (κ1) is 15.1. The van der Waals surface area contributed by atoms with Crippen LogP contribution in [0.4, 0.5) is 11.5 Å². The van der Waals surface area contributed by atoms with Crippen molar-refractivity contribution in [3.63, 3.8) is 0 Å². The number of pyridine rings is 1. The van der Waals surface area contributed by atoms with Crippen molar-refractivity contribution in [2.45, 2.75) is 0 Å². The summed E-state index contributed by atoms with van der Waals surface area (Å²) in [5, 5.41) is 0.251. The van der Waals surface area contributed by atoms with Crippen molar-refractivity contribution < 1.29 is 9.53 Å². The second-order valence-corrected chi connectivity index (χ2v) is 4.61. The van der Waals surface area contributed by atoms with E-state index < -0.39 is 0 Å². The summed E-state index contributed by atoms with van der Waals surface area (Å²) in [6.07, 6.45) is 0. The van der Waals surface area contributed by atoms with Crippen molar-refractivity contribution in [1.82, 2.24) is 4.98 Å². The Hall–Kier alpha value is -2.31. The van der Waals surface area contributed by atoms with Crippen molar-refractivity contribution in [3.8, 4) is 5.75 Å². The Morgan fingerprint density at radius 3 is 2.71 bits per heavy atom. The second-order valence-electron chi connectivity index (χ2n) is 4.21. The average molecular weight is 307 g/mol. The minimum Gasteiger partial charge on any atom is -0.495 e. The van der Waals surface area contributed by atoms with Gasteiger partial charge in [0.25, 0.3) is 5.91 Å². The van der Waals surface area contributed by atoms with Gasteiger partial charge < -0.3 is 15.1 Å². The molecule has 0 atom stereocenters. The number of carbonyl (C=O) groups is 1. The maximum Gasteiger partial charge on any atom is 0.278 e. The van der Waals surface area contributed by atoms with Crippen molar-refractivity contribution in [1.29, 1.82) is 0 Å². The minimum atomic E-state index is -0.360. The van der Waals surface area contributed by atoms with Gasteiger partial charge in [0.1, 0.15) is 17.3 Å². The van der Waals surface area contributed by atoms with Gasteiger partial charge in [0, 0.05) is 7.05 Å². The van der Waals surface area contributed by atoms with E-state index in [9.17, 15) is 4.79 Å². The number of benzene rings is 1. The molecule has 0 saturated heterocycles. The molecule has 0 fully saturated rings. The number of carbonyl (C=O) groups excluding carboxylic acids is 1. The van der Waals surface area contributed by atoms with Crippen LogP contribution in [0.5, 0.6) is 5.75 Å². The summed E-state index contributed by atoms with van der Waals surface area (Å²) in [5.41, 5.74) is 3.12. The minimum absolute atomic E-state index is 0.112. The van der Waals surface area contributed by atoms with Crippen LogP contribution in [-0.4, -0.2) is 25.0 Å². The van der Waals surface area contributed by atoms with E-state index in [0.29, 0.717) is 17.3 Å². The largest absolute Gasteiger partial charge is 0.495 e. The number of halogens is 1. The molecule has 0 aliphatic rings. The van der Waals surface area contributed by atoms with Crippen LogP contribution in [0.2, 0.25) is 5.02 Å². The van der Waals surface area contributed by atoms with E-state index in [1.54, 1.807) is 38.4 Å². The summed E-state index contributed by atoms with van der Waals surface area (Å²) in [6.45, 7) is 0.